The van der Waals surface area contributed by atoms with E-state index in [1.807, 2.05) is 17.0 Å². The van der Waals surface area contributed by atoms with E-state index in [1.54, 1.807) is 26.4 Å². The quantitative estimate of drug-likeness (QED) is 0.381. The van der Waals surface area contributed by atoms with Gasteiger partial charge >= 0.3 is 0 Å². The van der Waals surface area contributed by atoms with Crippen molar-refractivity contribution in [3.05, 3.63) is 46.3 Å². The number of nitro benzene ring substituents is 1. The van der Waals surface area contributed by atoms with E-state index in [1.165, 1.54) is 13.2 Å². The van der Waals surface area contributed by atoms with Gasteiger partial charge in [-0.2, -0.15) is 0 Å². The summed E-state index contributed by atoms with van der Waals surface area (Å²) in [5.74, 6) is 3.88. The molecule has 3 aromatic rings. The third-order valence-corrected chi connectivity index (χ3v) is 6.44. The van der Waals surface area contributed by atoms with Crippen LogP contribution in [0.1, 0.15) is 24.6 Å². The van der Waals surface area contributed by atoms with Crippen molar-refractivity contribution in [1.82, 2.24) is 9.97 Å². The molecule has 34 heavy (non-hydrogen) atoms. The van der Waals surface area contributed by atoms with Crippen molar-refractivity contribution in [3.8, 4) is 17.2 Å². The Labute approximate surface area is 197 Å². The molecule has 0 N–H and O–H groups in total. The van der Waals surface area contributed by atoms with E-state index in [0.717, 1.165) is 35.4 Å². The number of anilines is 2. The van der Waals surface area contributed by atoms with Crippen LogP contribution in [0.15, 0.2) is 30.3 Å². The smallest absolute Gasteiger partial charge is 0.296 e. The Bertz CT molecular complexity index is 1240. The molecule has 0 radical (unpaired) electrons. The van der Waals surface area contributed by atoms with Crippen LogP contribution < -0.4 is 24.0 Å². The van der Waals surface area contributed by atoms with Gasteiger partial charge in [0.2, 0.25) is 0 Å². The monoisotopic (exact) mass is 465 g/mol. The number of rotatable bonds is 7. The van der Waals surface area contributed by atoms with Gasteiger partial charge in [0.25, 0.3) is 5.69 Å². The Morgan fingerprint density at radius 1 is 0.912 bits per heavy atom. The number of benzene rings is 2. The van der Waals surface area contributed by atoms with E-state index >= 15 is 0 Å². The van der Waals surface area contributed by atoms with Gasteiger partial charge in [0.1, 0.15) is 23.1 Å². The van der Waals surface area contributed by atoms with Crippen molar-refractivity contribution < 1.29 is 19.1 Å². The maximum Gasteiger partial charge on any atom is 0.296 e. The highest BCUT2D eigenvalue weighted by Gasteiger charge is 2.30. The summed E-state index contributed by atoms with van der Waals surface area (Å²) in [5, 5.41) is 12.6. The SMILES string of the molecule is COc1ccc(N2CCN(c3nc(C4CC4)nc4cc(OC)c(OC)cc34)CC2)c([N+](=O)[O-])c1. The zero-order chi connectivity index (χ0) is 23.8. The number of nitro groups is 1. The van der Waals surface area contributed by atoms with Gasteiger partial charge in [0.15, 0.2) is 11.5 Å². The van der Waals surface area contributed by atoms with Crippen molar-refractivity contribution in [2.45, 2.75) is 18.8 Å². The predicted octanol–water partition coefficient (Wildman–Crippen LogP) is 3.77. The Balaban J connectivity index is 1.46. The van der Waals surface area contributed by atoms with Gasteiger partial charge in [0, 0.05) is 43.5 Å². The van der Waals surface area contributed by atoms with Crippen molar-refractivity contribution in [2.24, 2.45) is 0 Å². The van der Waals surface area contributed by atoms with Crippen molar-refractivity contribution in [3.63, 3.8) is 0 Å². The van der Waals surface area contributed by atoms with E-state index in [0.29, 0.717) is 55.0 Å². The van der Waals surface area contributed by atoms with Crippen LogP contribution in [0.3, 0.4) is 0 Å². The highest BCUT2D eigenvalue weighted by atomic mass is 16.6. The van der Waals surface area contributed by atoms with Crippen LogP contribution in [0.2, 0.25) is 0 Å². The van der Waals surface area contributed by atoms with E-state index in [4.69, 9.17) is 24.2 Å². The third-order valence-electron chi connectivity index (χ3n) is 6.44. The Hall–Kier alpha value is -3.82. The van der Waals surface area contributed by atoms with Crippen LogP contribution in [-0.4, -0.2) is 62.4 Å². The molecule has 10 nitrogen and oxygen atoms in total. The summed E-state index contributed by atoms with van der Waals surface area (Å²) < 4.78 is 16.2. The molecule has 1 aliphatic heterocycles. The maximum absolute atomic E-state index is 11.7. The number of nitrogens with zero attached hydrogens (tertiary/aromatic N) is 5. The standard InChI is InChI=1S/C24H27N5O5/c1-32-16-6-7-19(20(12-16)29(30)31)27-8-10-28(11-9-27)24-17-13-21(33-2)22(34-3)14-18(17)25-23(26-24)15-4-5-15/h6-7,12-15H,4-5,8-11H2,1-3H3. The molecular weight excluding hydrogens is 438 g/mol. The van der Waals surface area contributed by atoms with Crippen molar-refractivity contribution in [1.29, 1.82) is 0 Å². The van der Waals surface area contributed by atoms with Crippen LogP contribution >= 0.6 is 0 Å². The number of ether oxygens (including phenoxy) is 3. The minimum atomic E-state index is -0.357. The largest absolute Gasteiger partial charge is 0.496 e. The molecule has 1 saturated carbocycles. The molecule has 2 heterocycles. The second-order valence-electron chi connectivity index (χ2n) is 8.49. The highest BCUT2D eigenvalue weighted by molar-refractivity contribution is 5.92. The topological polar surface area (TPSA) is 103 Å². The highest BCUT2D eigenvalue weighted by Crippen LogP contribution is 2.42. The molecule has 1 aromatic heterocycles. The Morgan fingerprint density at radius 2 is 1.59 bits per heavy atom. The summed E-state index contributed by atoms with van der Waals surface area (Å²) in [5.41, 5.74) is 1.48. The summed E-state index contributed by atoms with van der Waals surface area (Å²) in [4.78, 5) is 25.4. The minimum absolute atomic E-state index is 0.0492. The molecule has 0 bridgehead atoms. The lowest BCUT2D eigenvalue weighted by Gasteiger charge is -2.37. The third kappa shape index (κ3) is 4.00. The lowest BCUT2D eigenvalue weighted by atomic mass is 10.1. The molecule has 2 aromatic carbocycles. The van der Waals surface area contributed by atoms with E-state index < -0.39 is 0 Å². The zero-order valence-electron chi connectivity index (χ0n) is 19.5. The molecular formula is C24H27N5O5. The van der Waals surface area contributed by atoms with E-state index in [-0.39, 0.29) is 10.6 Å². The van der Waals surface area contributed by atoms with Crippen LogP contribution in [-0.2, 0) is 0 Å². The average molecular weight is 466 g/mol. The second kappa shape index (κ2) is 8.85. The molecule has 5 rings (SSSR count). The number of aromatic nitrogens is 2. The van der Waals surface area contributed by atoms with Crippen LogP contribution in [0.25, 0.3) is 10.9 Å². The zero-order valence-corrected chi connectivity index (χ0v) is 19.5. The first-order valence-electron chi connectivity index (χ1n) is 11.3. The van der Waals surface area contributed by atoms with Gasteiger partial charge in [-0.3, -0.25) is 10.1 Å². The van der Waals surface area contributed by atoms with Crippen molar-refractivity contribution >= 4 is 28.1 Å². The maximum atomic E-state index is 11.7. The summed E-state index contributed by atoms with van der Waals surface area (Å²) in [6.45, 7) is 2.61. The molecule has 0 amide bonds. The van der Waals surface area contributed by atoms with E-state index in [9.17, 15) is 10.1 Å². The molecule has 10 heteroatoms. The van der Waals surface area contributed by atoms with Gasteiger partial charge in [-0.1, -0.05) is 0 Å². The van der Waals surface area contributed by atoms with Gasteiger partial charge < -0.3 is 24.0 Å². The van der Waals surface area contributed by atoms with E-state index in [2.05, 4.69) is 4.90 Å². The van der Waals surface area contributed by atoms with Crippen molar-refractivity contribution in [2.75, 3.05) is 57.3 Å². The lowest BCUT2D eigenvalue weighted by molar-refractivity contribution is -0.384. The second-order valence-corrected chi connectivity index (χ2v) is 8.49. The molecule has 0 spiro atoms. The van der Waals surface area contributed by atoms with Gasteiger partial charge in [-0.25, -0.2) is 9.97 Å². The van der Waals surface area contributed by atoms with Gasteiger partial charge in [-0.15, -0.1) is 0 Å². The molecule has 1 aliphatic carbocycles. The number of piperazine rings is 1. The minimum Gasteiger partial charge on any atom is -0.496 e. The molecule has 2 aliphatic rings. The Kier molecular flexibility index (Phi) is 5.72. The first-order chi connectivity index (χ1) is 16.5. The predicted molar refractivity (Wildman–Crippen MR) is 129 cm³/mol. The summed E-state index contributed by atoms with van der Waals surface area (Å²) >= 11 is 0. The lowest BCUT2D eigenvalue weighted by Crippen LogP contribution is -2.47. The fraction of sp³-hybridized carbons (Fsp3) is 0.417. The number of fused-ring (bicyclic) bond motifs is 1. The molecule has 0 atom stereocenters. The first-order valence-corrected chi connectivity index (χ1v) is 11.3. The fourth-order valence-corrected chi connectivity index (χ4v) is 4.43. The summed E-state index contributed by atoms with van der Waals surface area (Å²) in [7, 11) is 4.73. The molecule has 178 valence electrons. The van der Waals surface area contributed by atoms with Crippen LogP contribution in [0.5, 0.6) is 17.2 Å². The fourth-order valence-electron chi connectivity index (χ4n) is 4.43. The number of methoxy groups -OCH3 is 3. The average Bonchev–Trinajstić information content (AvgIpc) is 3.72. The number of hydrogen-bond acceptors (Lipinski definition) is 9. The summed E-state index contributed by atoms with van der Waals surface area (Å²) in [6.07, 6.45) is 2.21. The first kappa shape index (κ1) is 22.0. The Morgan fingerprint density at radius 3 is 2.21 bits per heavy atom. The van der Waals surface area contributed by atoms with Crippen LogP contribution in [0.4, 0.5) is 17.2 Å². The van der Waals surface area contributed by atoms with Gasteiger partial charge in [0.05, 0.1) is 37.8 Å². The molecule has 1 saturated heterocycles. The number of hydrogen-bond donors (Lipinski definition) is 0. The van der Waals surface area contributed by atoms with Gasteiger partial charge in [-0.05, 0) is 31.0 Å². The summed E-state index contributed by atoms with van der Waals surface area (Å²) in [6, 6.07) is 8.83. The molecule has 0 unspecified atom stereocenters. The molecule has 2 fully saturated rings. The normalized spacial score (nSPS) is 16.0. The van der Waals surface area contributed by atoms with Crippen LogP contribution in [0, 0.1) is 10.1 Å².